The quantitative estimate of drug-likeness (QED) is 0.856. The van der Waals surface area contributed by atoms with Gasteiger partial charge in [0.05, 0.1) is 7.11 Å². The number of aliphatic carboxylic acids is 1. The molecule has 0 aliphatic rings. The lowest BCUT2D eigenvalue weighted by Crippen LogP contribution is -2.20. The van der Waals surface area contributed by atoms with E-state index >= 15 is 0 Å². The molecule has 2 aromatic carbocycles. The third-order valence-electron chi connectivity index (χ3n) is 3.17. The van der Waals surface area contributed by atoms with Crippen LogP contribution in [0.2, 0.25) is 0 Å². The van der Waals surface area contributed by atoms with E-state index in [2.05, 4.69) is 21.2 Å². The maximum Gasteiger partial charge on any atom is 0.330 e. The molecule has 0 bridgehead atoms. The molecule has 2 rings (SSSR count). The molecule has 0 saturated carbocycles. The second kappa shape index (κ2) is 6.63. The van der Waals surface area contributed by atoms with Crippen molar-refractivity contribution in [2.45, 2.75) is 13.0 Å². The highest BCUT2D eigenvalue weighted by Gasteiger charge is 2.21. The number of ether oxygens (including phenoxy) is 1. The van der Waals surface area contributed by atoms with Gasteiger partial charge in [0, 0.05) is 10.2 Å². The van der Waals surface area contributed by atoms with Gasteiger partial charge in [-0.2, -0.15) is 0 Å². The van der Waals surface area contributed by atoms with Gasteiger partial charge in [-0.15, -0.1) is 0 Å². The first-order valence-electron chi connectivity index (χ1n) is 6.41. The van der Waals surface area contributed by atoms with Crippen LogP contribution in [0.5, 0.6) is 5.75 Å². The van der Waals surface area contributed by atoms with Crippen LogP contribution < -0.4 is 10.1 Å². The van der Waals surface area contributed by atoms with E-state index in [1.54, 1.807) is 19.2 Å². The number of para-hydroxylation sites is 1. The van der Waals surface area contributed by atoms with Crippen molar-refractivity contribution in [2.75, 3.05) is 12.4 Å². The van der Waals surface area contributed by atoms with Crippen LogP contribution >= 0.6 is 15.9 Å². The summed E-state index contributed by atoms with van der Waals surface area (Å²) in [7, 11) is 1.59. The molecule has 0 aromatic heterocycles. The van der Waals surface area contributed by atoms with Crippen LogP contribution in [0.25, 0.3) is 0 Å². The van der Waals surface area contributed by atoms with Gasteiger partial charge >= 0.3 is 5.97 Å². The molecule has 0 fully saturated rings. The van der Waals surface area contributed by atoms with Crippen LogP contribution in [-0.2, 0) is 4.79 Å². The summed E-state index contributed by atoms with van der Waals surface area (Å²) in [5, 5.41) is 12.5. The summed E-state index contributed by atoms with van der Waals surface area (Å²) >= 11 is 3.41. The lowest BCUT2D eigenvalue weighted by molar-refractivity contribution is -0.138. The smallest absolute Gasteiger partial charge is 0.330 e. The summed E-state index contributed by atoms with van der Waals surface area (Å²) in [4.78, 5) is 11.6. The SMILES string of the molecule is COc1ccc(C(Nc2ccccc2Br)C(=O)O)cc1C. The molecule has 5 heteroatoms. The Morgan fingerprint density at radius 1 is 1.29 bits per heavy atom. The van der Waals surface area contributed by atoms with Gasteiger partial charge in [0.15, 0.2) is 6.04 Å². The van der Waals surface area contributed by atoms with E-state index in [1.165, 1.54) is 0 Å². The maximum atomic E-state index is 11.6. The van der Waals surface area contributed by atoms with E-state index in [9.17, 15) is 9.90 Å². The molecule has 0 saturated heterocycles. The van der Waals surface area contributed by atoms with Gasteiger partial charge in [0.25, 0.3) is 0 Å². The number of carboxylic acid groups (broad SMARTS) is 1. The Kier molecular flexibility index (Phi) is 4.85. The summed E-state index contributed by atoms with van der Waals surface area (Å²) in [6.45, 7) is 1.89. The first-order valence-corrected chi connectivity index (χ1v) is 7.20. The van der Waals surface area contributed by atoms with Crippen LogP contribution in [0.1, 0.15) is 17.2 Å². The molecular weight excluding hydrogens is 334 g/mol. The fourth-order valence-electron chi connectivity index (χ4n) is 2.10. The Labute approximate surface area is 131 Å². The van der Waals surface area contributed by atoms with Crippen LogP contribution in [0, 0.1) is 6.92 Å². The minimum atomic E-state index is -0.935. The molecule has 0 radical (unpaired) electrons. The van der Waals surface area contributed by atoms with Crippen LogP contribution in [0.4, 0.5) is 5.69 Å². The number of hydrogen-bond acceptors (Lipinski definition) is 3. The second-order valence-electron chi connectivity index (χ2n) is 4.62. The van der Waals surface area contributed by atoms with Crippen molar-refractivity contribution in [3.63, 3.8) is 0 Å². The van der Waals surface area contributed by atoms with Crippen molar-refractivity contribution in [1.82, 2.24) is 0 Å². The van der Waals surface area contributed by atoms with E-state index in [4.69, 9.17) is 4.74 Å². The number of benzene rings is 2. The summed E-state index contributed by atoms with van der Waals surface area (Å²) < 4.78 is 6.02. The number of nitrogens with one attached hydrogen (secondary N) is 1. The highest BCUT2D eigenvalue weighted by molar-refractivity contribution is 9.10. The third kappa shape index (κ3) is 3.55. The van der Waals surface area contributed by atoms with Gasteiger partial charge in [-0.3, -0.25) is 0 Å². The molecule has 0 aliphatic carbocycles. The topological polar surface area (TPSA) is 58.6 Å². The molecule has 0 amide bonds. The predicted octanol–water partition coefficient (Wildman–Crippen LogP) is 4.00. The number of hydrogen-bond donors (Lipinski definition) is 2. The molecule has 21 heavy (non-hydrogen) atoms. The van der Waals surface area contributed by atoms with Crippen molar-refractivity contribution in [2.24, 2.45) is 0 Å². The van der Waals surface area contributed by atoms with Gasteiger partial charge in [0.1, 0.15) is 5.75 Å². The fourth-order valence-corrected chi connectivity index (χ4v) is 2.50. The van der Waals surface area contributed by atoms with Crippen LogP contribution in [0.3, 0.4) is 0 Å². The number of anilines is 1. The van der Waals surface area contributed by atoms with Gasteiger partial charge in [-0.05, 0) is 58.2 Å². The van der Waals surface area contributed by atoms with Crippen molar-refractivity contribution in [3.05, 3.63) is 58.1 Å². The van der Waals surface area contributed by atoms with E-state index in [-0.39, 0.29) is 0 Å². The van der Waals surface area contributed by atoms with Crippen molar-refractivity contribution >= 4 is 27.6 Å². The average Bonchev–Trinajstić information content (AvgIpc) is 2.46. The summed E-state index contributed by atoms with van der Waals surface area (Å²) in [5.41, 5.74) is 2.31. The molecule has 2 N–H and O–H groups in total. The van der Waals surface area contributed by atoms with E-state index in [0.29, 0.717) is 5.56 Å². The second-order valence-corrected chi connectivity index (χ2v) is 5.48. The Balaban J connectivity index is 2.34. The molecule has 0 aliphatic heterocycles. The highest BCUT2D eigenvalue weighted by atomic mass is 79.9. The summed E-state index contributed by atoms with van der Waals surface area (Å²) in [5.74, 6) is -0.195. The first-order chi connectivity index (χ1) is 10.0. The minimum Gasteiger partial charge on any atom is -0.496 e. The molecule has 110 valence electrons. The number of rotatable bonds is 5. The molecule has 1 unspecified atom stereocenters. The molecule has 1 atom stereocenters. The van der Waals surface area contributed by atoms with Crippen LogP contribution in [0.15, 0.2) is 46.9 Å². The lowest BCUT2D eigenvalue weighted by Gasteiger charge is -2.18. The van der Waals surface area contributed by atoms with E-state index < -0.39 is 12.0 Å². The zero-order valence-corrected chi connectivity index (χ0v) is 13.3. The molecule has 0 heterocycles. The number of halogens is 1. The van der Waals surface area contributed by atoms with E-state index in [0.717, 1.165) is 21.5 Å². The third-order valence-corrected chi connectivity index (χ3v) is 3.86. The number of aryl methyl sites for hydroxylation is 1. The Morgan fingerprint density at radius 2 is 2.00 bits per heavy atom. The monoisotopic (exact) mass is 349 g/mol. The molecular formula is C16H16BrNO3. The maximum absolute atomic E-state index is 11.6. The largest absolute Gasteiger partial charge is 0.496 e. The fraction of sp³-hybridized carbons (Fsp3) is 0.188. The van der Waals surface area contributed by atoms with Crippen molar-refractivity contribution < 1.29 is 14.6 Å². The minimum absolute atomic E-state index is 0.677. The molecule has 4 nitrogen and oxygen atoms in total. The Hall–Kier alpha value is -2.01. The van der Waals surface area contributed by atoms with Crippen molar-refractivity contribution in [3.8, 4) is 5.75 Å². The number of methoxy groups -OCH3 is 1. The Morgan fingerprint density at radius 3 is 2.57 bits per heavy atom. The molecule has 2 aromatic rings. The van der Waals surface area contributed by atoms with Gasteiger partial charge < -0.3 is 15.2 Å². The highest BCUT2D eigenvalue weighted by Crippen LogP contribution is 2.28. The van der Waals surface area contributed by atoms with Crippen LogP contribution in [-0.4, -0.2) is 18.2 Å². The van der Waals surface area contributed by atoms with Gasteiger partial charge in [0.2, 0.25) is 0 Å². The summed E-state index contributed by atoms with van der Waals surface area (Å²) in [6.07, 6.45) is 0. The van der Waals surface area contributed by atoms with E-state index in [1.807, 2.05) is 37.3 Å². The van der Waals surface area contributed by atoms with Gasteiger partial charge in [-0.25, -0.2) is 4.79 Å². The molecule has 0 spiro atoms. The predicted molar refractivity (Wildman–Crippen MR) is 85.9 cm³/mol. The lowest BCUT2D eigenvalue weighted by atomic mass is 10.0. The first kappa shape index (κ1) is 15.4. The van der Waals surface area contributed by atoms with Gasteiger partial charge in [-0.1, -0.05) is 18.2 Å². The summed E-state index contributed by atoms with van der Waals surface area (Å²) in [6, 6.07) is 12.0. The normalized spacial score (nSPS) is 11.8. The average molecular weight is 350 g/mol. The zero-order chi connectivity index (χ0) is 15.4. The Bertz CT molecular complexity index is 658. The standard InChI is InChI=1S/C16H16BrNO3/c1-10-9-11(7-8-14(10)21-2)15(16(19)20)18-13-6-4-3-5-12(13)17/h3-9,15,18H,1-2H3,(H,19,20). The zero-order valence-electron chi connectivity index (χ0n) is 11.8. The number of carboxylic acids is 1. The van der Waals surface area contributed by atoms with Crippen molar-refractivity contribution in [1.29, 1.82) is 0 Å². The number of carbonyl (C=O) groups is 1.